The Kier molecular flexibility index (Phi) is 3.78. The number of nitrogens with two attached hydrogens (primary N) is 1. The van der Waals surface area contributed by atoms with Crippen molar-refractivity contribution < 1.29 is 0 Å². The predicted octanol–water partition coefficient (Wildman–Crippen LogP) is 3.35. The van der Waals surface area contributed by atoms with Gasteiger partial charge in [0.1, 0.15) is 0 Å². The van der Waals surface area contributed by atoms with Gasteiger partial charge in [0.25, 0.3) is 0 Å². The minimum atomic E-state index is 0.0837. The van der Waals surface area contributed by atoms with Crippen LogP contribution in [0.5, 0.6) is 0 Å². The van der Waals surface area contributed by atoms with Crippen LogP contribution in [0.1, 0.15) is 22.7 Å². The van der Waals surface area contributed by atoms with E-state index < -0.39 is 0 Å². The number of rotatable bonds is 4. The lowest BCUT2D eigenvalue weighted by molar-refractivity contribution is 0.552. The van der Waals surface area contributed by atoms with Gasteiger partial charge in [-0.25, -0.2) is 0 Å². The van der Waals surface area contributed by atoms with Crippen LogP contribution in [0.4, 0.5) is 0 Å². The Hall–Kier alpha value is -1.75. The summed E-state index contributed by atoms with van der Waals surface area (Å²) in [5, 5.41) is 3.54. The number of hydrogen-bond donors (Lipinski definition) is 2. The minimum Gasteiger partial charge on any atom is -0.271 e. The Balaban J connectivity index is 1.92. The van der Waals surface area contributed by atoms with Gasteiger partial charge in [0.2, 0.25) is 0 Å². The summed E-state index contributed by atoms with van der Waals surface area (Å²) in [5.41, 5.74) is 6.52. The molecule has 102 valence electrons. The number of nitrogens with one attached hydrogen (secondary N) is 1. The maximum Gasteiger partial charge on any atom is 0.0516 e. The highest BCUT2D eigenvalue weighted by Crippen LogP contribution is 2.29. The summed E-state index contributed by atoms with van der Waals surface area (Å²) in [5.74, 6) is 5.74. The van der Waals surface area contributed by atoms with Gasteiger partial charge in [-0.1, -0.05) is 24.3 Å². The maximum atomic E-state index is 5.74. The number of fused-ring (bicyclic) bond motifs is 1. The molecule has 3 aromatic rings. The monoisotopic (exact) mass is 283 g/mol. The largest absolute Gasteiger partial charge is 0.271 e. The van der Waals surface area contributed by atoms with Gasteiger partial charge >= 0.3 is 0 Å². The molecule has 0 saturated heterocycles. The van der Waals surface area contributed by atoms with E-state index in [4.69, 9.17) is 5.84 Å². The van der Waals surface area contributed by atoms with Crippen LogP contribution in [-0.2, 0) is 6.42 Å². The van der Waals surface area contributed by atoms with E-state index >= 15 is 0 Å². The van der Waals surface area contributed by atoms with Crippen LogP contribution in [0.2, 0.25) is 0 Å². The van der Waals surface area contributed by atoms with Gasteiger partial charge in [-0.05, 0) is 46.9 Å². The van der Waals surface area contributed by atoms with Gasteiger partial charge in [-0.2, -0.15) is 0 Å². The topological polar surface area (TPSA) is 50.9 Å². The summed E-state index contributed by atoms with van der Waals surface area (Å²) in [6.07, 6.45) is 4.61. The lowest BCUT2D eigenvalue weighted by Gasteiger charge is -2.16. The third-order valence-corrected chi connectivity index (χ3v) is 4.50. The molecule has 0 saturated carbocycles. The van der Waals surface area contributed by atoms with Crippen LogP contribution >= 0.6 is 11.3 Å². The van der Waals surface area contributed by atoms with Crippen LogP contribution in [-0.4, -0.2) is 4.98 Å². The Morgan fingerprint density at radius 3 is 2.95 bits per heavy atom. The Labute approximate surface area is 122 Å². The lowest BCUT2D eigenvalue weighted by atomic mass is 9.99. The van der Waals surface area contributed by atoms with Crippen molar-refractivity contribution in [2.75, 3.05) is 0 Å². The second kappa shape index (κ2) is 5.71. The first-order valence-electron chi connectivity index (χ1n) is 6.60. The molecule has 0 aliphatic heterocycles. The smallest absolute Gasteiger partial charge is 0.0516 e. The van der Waals surface area contributed by atoms with Crippen LogP contribution in [0, 0.1) is 6.92 Å². The first-order chi connectivity index (χ1) is 9.78. The van der Waals surface area contributed by atoms with Crippen molar-refractivity contribution in [1.82, 2.24) is 10.4 Å². The van der Waals surface area contributed by atoms with Crippen LogP contribution in [0.3, 0.4) is 0 Å². The highest BCUT2D eigenvalue weighted by Gasteiger charge is 2.13. The molecule has 0 radical (unpaired) electrons. The number of aromatic nitrogens is 1. The van der Waals surface area contributed by atoms with E-state index in [1.54, 1.807) is 11.3 Å². The fourth-order valence-electron chi connectivity index (χ4n) is 2.45. The number of nitrogens with zero attached hydrogens (tertiary/aromatic N) is 1. The Morgan fingerprint density at radius 1 is 1.30 bits per heavy atom. The maximum absolute atomic E-state index is 5.74. The number of aryl methyl sites for hydroxylation is 1. The average Bonchev–Trinajstić information content (AvgIpc) is 2.88. The first-order valence-corrected chi connectivity index (χ1v) is 7.48. The van der Waals surface area contributed by atoms with E-state index in [0.29, 0.717) is 0 Å². The number of benzene rings is 1. The molecule has 3 N–H and O–H groups in total. The van der Waals surface area contributed by atoms with Crippen molar-refractivity contribution in [3.05, 3.63) is 64.8 Å². The van der Waals surface area contributed by atoms with Crippen molar-refractivity contribution in [3.63, 3.8) is 0 Å². The van der Waals surface area contributed by atoms with E-state index in [-0.39, 0.29) is 6.04 Å². The highest BCUT2D eigenvalue weighted by molar-refractivity contribution is 7.17. The SMILES string of the molecule is Cc1cncc(C(Cc2csc3ccccc23)NN)c1. The van der Waals surface area contributed by atoms with E-state index in [1.165, 1.54) is 15.6 Å². The van der Waals surface area contributed by atoms with Crippen molar-refractivity contribution >= 4 is 21.4 Å². The summed E-state index contributed by atoms with van der Waals surface area (Å²) in [6.45, 7) is 2.05. The van der Waals surface area contributed by atoms with Gasteiger partial charge in [-0.15, -0.1) is 11.3 Å². The molecule has 20 heavy (non-hydrogen) atoms. The summed E-state index contributed by atoms with van der Waals surface area (Å²) in [7, 11) is 0. The molecule has 3 nitrogen and oxygen atoms in total. The second-order valence-electron chi connectivity index (χ2n) is 4.98. The third-order valence-electron chi connectivity index (χ3n) is 3.48. The second-order valence-corrected chi connectivity index (χ2v) is 5.89. The zero-order chi connectivity index (χ0) is 13.9. The number of pyridine rings is 1. The summed E-state index contributed by atoms with van der Waals surface area (Å²) in [6, 6.07) is 10.7. The van der Waals surface area contributed by atoms with Crippen molar-refractivity contribution in [2.45, 2.75) is 19.4 Å². The van der Waals surface area contributed by atoms with E-state index in [9.17, 15) is 0 Å². The van der Waals surface area contributed by atoms with E-state index in [1.807, 2.05) is 19.3 Å². The van der Waals surface area contributed by atoms with Crippen LogP contribution in [0.15, 0.2) is 48.1 Å². The molecule has 4 heteroatoms. The highest BCUT2D eigenvalue weighted by atomic mass is 32.1. The van der Waals surface area contributed by atoms with Gasteiger partial charge < -0.3 is 0 Å². The number of thiophene rings is 1. The van der Waals surface area contributed by atoms with E-state index in [2.05, 4.69) is 46.1 Å². The fourth-order valence-corrected chi connectivity index (χ4v) is 3.43. The first kappa shape index (κ1) is 13.2. The number of hydrazine groups is 1. The van der Waals surface area contributed by atoms with Gasteiger partial charge in [0, 0.05) is 17.1 Å². The van der Waals surface area contributed by atoms with Gasteiger partial charge in [0.05, 0.1) is 6.04 Å². The average molecular weight is 283 g/mol. The molecule has 0 spiro atoms. The van der Waals surface area contributed by atoms with Crippen molar-refractivity contribution in [2.24, 2.45) is 5.84 Å². The quantitative estimate of drug-likeness (QED) is 0.570. The molecule has 1 aromatic carbocycles. The zero-order valence-corrected chi connectivity index (χ0v) is 12.2. The molecular formula is C16H17N3S. The molecule has 2 heterocycles. The third kappa shape index (κ3) is 2.58. The zero-order valence-electron chi connectivity index (χ0n) is 11.3. The molecule has 3 rings (SSSR count). The molecule has 0 fully saturated rings. The van der Waals surface area contributed by atoms with Gasteiger partial charge in [0.15, 0.2) is 0 Å². The normalized spacial score (nSPS) is 12.7. The molecule has 1 unspecified atom stereocenters. The van der Waals surface area contributed by atoms with E-state index in [0.717, 1.165) is 17.5 Å². The molecule has 1 atom stereocenters. The fraction of sp³-hybridized carbons (Fsp3) is 0.188. The van der Waals surface area contributed by atoms with Crippen molar-refractivity contribution in [3.8, 4) is 0 Å². The molecule has 0 amide bonds. The summed E-state index contributed by atoms with van der Waals surface area (Å²) in [4.78, 5) is 4.25. The summed E-state index contributed by atoms with van der Waals surface area (Å²) >= 11 is 1.78. The minimum absolute atomic E-state index is 0.0837. The lowest BCUT2D eigenvalue weighted by Crippen LogP contribution is -2.29. The van der Waals surface area contributed by atoms with Crippen molar-refractivity contribution in [1.29, 1.82) is 0 Å². The Morgan fingerprint density at radius 2 is 2.15 bits per heavy atom. The number of hydrogen-bond acceptors (Lipinski definition) is 4. The summed E-state index contributed by atoms with van der Waals surface area (Å²) < 4.78 is 1.32. The molecule has 0 aliphatic carbocycles. The van der Waals surface area contributed by atoms with Crippen LogP contribution in [0.25, 0.3) is 10.1 Å². The van der Waals surface area contributed by atoms with Crippen LogP contribution < -0.4 is 11.3 Å². The Bertz CT molecular complexity index is 720. The predicted molar refractivity (Wildman–Crippen MR) is 84.6 cm³/mol. The van der Waals surface area contributed by atoms with Gasteiger partial charge in [-0.3, -0.25) is 16.3 Å². The molecular weight excluding hydrogens is 266 g/mol. The molecule has 0 bridgehead atoms. The molecule has 2 aromatic heterocycles. The molecule has 0 aliphatic rings. The standard InChI is InChI=1S/C16H17N3S/c1-11-6-12(9-18-8-11)15(19-17)7-13-10-20-16-5-3-2-4-14(13)16/h2-6,8-10,15,19H,7,17H2,1H3.